The summed E-state index contributed by atoms with van der Waals surface area (Å²) in [5.74, 6) is -0.897. The van der Waals surface area contributed by atoms with Crippen molar-refractivity contribution in [3.05, 3.63) is 0 Å². The van der Waals surface area contributed by atoms with Crippen molar-refractivity contribution in [1.29, 1.82) is 0 Å². The molecule has 10 nitrogen and oxygen atoms in total. The second kappa shape index (κ2) is 9.28. The molecule has 3 fully saturated rings. The molecule has 0 radical (unpaired) electrons. The number of hydrogen-bond acceptors (Lipinski definition) is 10. The number of fused-ring (bicyclic) bond motifs is 1. The van der Waals surface area contributed by atoms with Gasteiger partial charge in [-0.15, -0.1) is 0 Å². The van der Waals surface area contributed by atoms with Crippen molar-refractivity contribution in [3.8, 4) is 0 Å². The molecule has 0 aliphatic carbocycles. The largest absolute Gasteiger partial charge is 0.466 e. The Morgan fingerprint density at radius 2 is 1.66 bits per heavy atom. The van der Waals surface area contributed by atoms with Crippen LogP contribution in [-0.2, 0) is 46.8 Å². The fourth-order valence-corrected chi connectivity index (χ4v) is 6.20. The summed E-state index contributed by atoms with van der Waals surface area (Å²) in [6, 6.07) is 0. The molecule has 11 heteroatoms. The van der Waals surface area contributed by atoms with E-state index >= 15 is 0 Å². The lowest BCUT2D eigenvalue weighted by atomic mass is 10.0. The zero-order chi connectivity index (χ0) is 21.2. The van der Waals surface area contributed by atoms with Gasteiger partial charge >= 0.3 is 13.6 Å². The highest BCUT2D eigenvalue weighted by Gasteiger charge is 2.76. The van der Waals surface area contributed by atoms with Crippen LogP contribution >= 0.6 is 7.60 Å². The van der Waals surface area contributed by atoms with Gasteiger partial charge in [0.25, 0.3) is 5.34 Å². The molecule has 0 aromatic carbocycles. The van der Waals surface area contributed by atoms with E-state index in [2.05, 4.69) is 0 Å². The average Bonchev–Trinajstić information content (AvgIpc) is 3.41. The Hall–Kier alpha value is -0.580. The second-order valence-corrected chi connectivity index (χ2v) is 9.12. The summed E-state index contributed by atoms with van der Waals surface area (Å²) in [6.07, 6.45) is -2.87. The van der Waals surface area contributed by atoms with E-state index in [9.17, 15) is 9.36 Å². The topological polar surface area (TPSA) is 108 Å². The van der Waals surface area contributed by atoms with Crippen LogP contribution in [0, 0.1) is 0 Å². The van der Waals surface area contributed by atoms with Crippen molar-refractivity contribution in [1.82, 2.24) is 0 Å². The first-order valence-electron chi connectivity index (χ1n) is 10.1. The van der Waals surface area contributed by atoms with Crippen LogP contribution in [0.4, 0.5) is 0 Å². The van der Waals surface area contributed by atoms with E-state index in [0.717, 1.165) is 0 Å². The van der Waals surface area contributed by atoms with E-state index in [1.54, 1.807) is 13.8 Å². The lowest BCUT2D eigenvalue weighted by Crippen LogP contribution is -2.51. The van der Waals surface area contributed by atoms with E-state index < -0.39 is 49.6 Å². The summed E-state index contributed by atoms with van der Waals surface area (Å²) < 4.78 is 59.6. The summed E-state index contributed by atoms with van der Waals surface area (Å²) in [7, 11) is -2.99. The van der Waals surface area contributed by atoms with E-state index in [-0.39, 0.29) is 26.1 Å². The van der Waals surface area contributed by atoms with Crippen LogP contribution in [-0.4, -0.2) is 75.2 Å². The van der Waals surface area contributed by atoms with Gasteiger partial charge in [-0.2, -0.15) is 0 Å². The molecule has 168 valence electrons. The van der Waals surface area contributed by atoms with Crippen LogP contribution in [0.25, 0.3) is 0 Å². The molecule has 2 unspecified atom stereocenters. The molecule has 0 N–H and O–H groups in total. The van der Waals surface area contributed by atoms with Crippen molar-refractivity contribution in [2.75, 3.05) is 26.9 Å². The molecular formula is C18H31O10P. The molecule has 0 spiro atoms. The monoisotopic (exact) mass is 438 g/mol. The van der Waals surface area contributed by atoms with Crippen LogP contribution in [0.3, 0.4) is 0 Å². The Morgan fingerprint density at radius 3 is 2.17 bits per heavy atom. The lowest BCUT2D eigenvalue weighted by Gasteiger charge is -2.36. The third-order valence-corrected chi connectivity index (χ3v) is 7.77. The first-order chi connectivity index (χ1) is 13.9. The molecule has 0 aromatic heterocycles. The van der Waals surface area contributed by atoms with Crippen molar-refractivity contribution < 1.29 is 46.8 Å². The fraction of sp³-hybridized carbons (Fsp3) is 0.944. The predicted octanol–water partition coefficient (Wildman–Crippen LogP) is 2.19. The molecular weight excluding hydrogens is 407 g/mol. The molecule has 3 rings (SSSR count). The Balaban J connectivity index is 2.04. The maximum Gasteiger partial charge on any atom is 0.376 e. The van der Waals surface area contributed by atoms with Crippen molar-refractivity contribution >= 4 is 13.6 Å². The summed E-state index contributed by atoms with van der Waals surface area (Å²) in [5.41, 5.74) is 0. The van der Waals surface area contributed by atoms with Gasteiger partial charge in [-0.05, 0) is 26.7 Å². The Morgan fingerprint density at radius 1 is 1.00 bits per heavy atom. The zero-order valence-corrected chi connectivity index (χ0v) is 18.4. The molecule has 7 atom stereocenters. The van der Waals surface area contributed by atoms with E-state index in [1.165, 1.54) is 7.11 Å². The van der Waals surface area contributed by atoms with Crippen LogP contribution in [0.15, 0.2) is 0 Å². The third kappa shape index (κ3) is 3.78. The molecule has 3 saturated heterocycles. The number of carbonyl (C=O) groups excluding carboxylic acids is 1. The van der Waals surface area contributed by atoms with Crippen LogP contribution < -0.4 is 0 Å². The summed E-state index contributed by atoms with van der Waals surface area (Å²) in [6.45, 7) is 7.46. The van der Waals surface area contributed by atoms with Gasteiger partial charge in [-0.3, -0.25) is 4.57 Å². The minimum atomic E-state index is -4.18. The maximum atomic E-state index is 13.9. The first-order valence-corrected chi connectivity index (χ1v) is 11.7. The first kappa shape index (κ1) is 23.1. The standard InChI is InChI=1S/C18H31O10P/c1-6-12-22-10-11(25-12)14-15-16(27-13(7-2)26-15)18(28-14,17(19)21-5)29(20,23-8-3)24-9-4/h11-16H,6-10H2,1-5H3/t11-,12?,13?,14-,15+,16+,18+/m1/s1. The number of carbonyl (C=O) groups is 1. The minimum Gasteiger partial charge on any atom is -0.466 e. The fourth-order valence-electron chi connectivity index (χ4n) is 3.98. The SMILES string of the molecule is CCOP(=O)(OCC)[C@@]1(C(=O)OC)O[C@H]([C@H]2COC(CC)O2)[C@@H]2OC(CC)O[C@@H]21. The van der Waals surface area contributed by atoms with E-state index in [1.807, 2.05) is 13.8 Å². The number of ether oxygens (including phenoxy) is 6. The molecule has 3 aliphatic rings. The summed E-state index contributed by atoms with van der Waals surface area (Å²) >= 11 is 0. The smallest absolute Gasteiger partial charge is 0.376 e. The molecule has 0 bridgehead atoms. The highest BCUT2D eigenvalue weighted by atomic mass is 31.2. The van der Waals surface area contributed by atoms with Gasteiger partial charge in [0.05, 0.1) is 26.9 Å². The molecule has 0 amide bonds. The summed E-state index contributed by atoms with van der Waals surface area (Å²) in [4.78, 5) is 13.1. The minimum absolute atomic E-state index is 0.0421. The van der Waals surface area contributed by atoms with Crippen molar-refractivity contribution in [2.45, 2.75) is 82.9 Å². The third-order valence-electron chi connectivity index (χ3n) is 5.22. The van der Waals surface area contributed by atoms with Crippen LogP contribution in [0.5, 0.6) is 0 Å². The second-order valence-electron chi connectivity index (χ2n) is 6.94. The summed E-state index contributed by atoms with van der Waals surface area (Å²) in [5, 5.41) is -2.12. The normalized spacial score (nSPS) is 39.6. The Bertz CT molecular complexity index is 620. The molecule has 3 aliphatic heterocycles. The number of esters is 1. The van der Waals surface area contributed by atoms with Gasteiger partial charge < -0.3 is 37.5 Å². The number of rotatable bonds is 9. The quantitative estimate of drug-likeness (QED) is 0.393. The maximum absolute atomic E-state index is 13.9. The van der Waals surface area contributed by atoms with Crippen molar-refractivity contribution in [3.63, 3.8) is 0 Å². The van der Waals surface area contributed by atoms with Crippen LogP contribution in [0.1, 0.15) is 40.5 Å². The van der Waals surface area contributed by atoms with Gasteiger partial charge in [0.15, 0.2) is 12.6 Å². The lowest BCUT2D eigenvalue weighted by molar-refractivity contribution is -0.191. The van der Waals surface area contributed by atoms with Gasteiger partial charge in [-0.25, -0.2) is 4.79 Å². The molecule has 29 heavy (non-hydrogen) atoms. The molecule has 0 saturated carbocycles. The predicted molar refractivity (Wildman–Crippen MR) is 99.2 cm³/mol. The van der Waals surface area contributed by atoms with E-state index in [0.29, 0.717) is 12.8 Å². The molecule has 3 heterocycles. The van der Waals surface area contributed by atoms with Gasteiger partial charge in [0, 0.05) is 0 Å². The zero-order valence-electron chi connectivity index (χ0n) is 17.5. The van der Waals surface area contributed by atoms with E-state index in [4.69, 9.17) is 37.5 Å². The van der Waals surface area contributed by atoms with Crippen LogP contribution in [0.2, 0.25) is 0 Å². The average molecular weight is 438 g/mol. The Labute approximate surface area is 170 Å². The highest BCUT2D eigenvalue weighted by Crippen LogP contribution is 2.67. The van der Waals surface area contributed by atoms with Gasteiger partial charge in [0.1, 0.15) is 24.4 Å². The highest BCUT2D eigenvalue weighted by molar-refractivity contribution is 7.56. The van der Waals surface area contributed by atoms with Gasteiger partial charge in [0.2, 0.25) is 0 Å². The number of methoxy groups -OCH3 is 1. The number of hydrogen-bond donors (Lipinski definition) is 0. The van der Waals surface area contributed by atoms with Crippen molar-refractivity contribution in [2.24, 2.45) is 0 Å². The van der Waals surface area contributed by atoms with Gasteiger partial charge in [-0.1, -0.05) is 13.8 Å². The molecule has 0 aromatic rings. The Kier molecular flexibility index (Phi) is 7.39.